The summed E-state index contributed by atoms with van der Waals surface area (Å²) in [5.74, 6) is -0.614. The molecule has 15 heavy (non-hydrogen) atoms. The van der Waals surface area contributed by atoms with Crippen LogP contribution in [-0.4, -0.2) is 18.2 Å². The predicted molar refractivity (Wildman–Crippen MR) is 55.7 cm³/mol. The average molecular weight is 223 g/mol. The van der Waals surface area contributed by atoms with Crippen LogP contribution in [0.1, 0.15) is 21.5 Å². The van der Waals surface area contributed by atoms with Gasteiger partial charge in [-0.05, 0) is 17.7 Å². The van der Waals surface area contributed by atoms with Crippen molar-refractivity contribution in [2.24, 2.45) is 0 Å². The number of rotatable bonds is 2. The number of nitriles is 1. The first-order valence-electron chi connectivity index (χ1n) is 4.09. The molecule has 0 fully saturated rings. The zero-order valence-corrected chi connectivity index (χ0v) is 8.91. The summed E-state index contributed by atoms with van der Waals surface area (Å²) in [6, 6.07) is 4.83. The van der Waals surface area contributed by atoms with Gasteiger partial charge >= 0.3 is 5.97 Å². The highest BCUT2D eigenvalue weighted by atomic mass is 32.1. The first-order chi connectivity index (χ1) is 7.13. The number of hydrogen-bond acceptors (Lipinski definition) is 5. The van der Waals surface area contributed by atoms with Crippen LogP contribution in [0.5, 0.6) is 0 Å². The lowest BCUT2D eigenvalue weighted by Gasteiger charge is -2.06. The van der Waals surface area contributed by atoms with E-state index in [-0.39, 0.29) is 17.7 Å². The molecule has 5 heteroatoms. The fourth-order valence-electron chi connectivity index (χ4n) is 1.16. The second kappa shape index (κ2) is 4.82. The van der Waals surface area contributed by atoms with Gasteiger partial charge in [-0.1, -0.05) is 0 Å². The highest BCUT2D eigenvalue weighted by Gasteiger charge is 2.15. The summed E-state index contributed by atoms with van der Waals surface area (Å²) >= 11 is 4.06. The van der Waals surface area contributed by atoms with Gasteiger partial charge in [-0.15, -0.1) is 12.6 Å². The number of nitrogens with zero attached hydrogens (tertiary/aromatic N) is 1. The Morgan fingerprint density at radius 3 is 2.80 bits per heavy atom. The predicted octanol–water partition coefficient (Wildman–Crippen LogP) is 1.13. The molecule has 1 rings (SSSR count). The molecule has 0 aliphatic heterocycles. The van der Waals surface area contributed by atoms with Crippen molar-refractivity contribution < 1.29 is 14.6 Å². The summed E-state index contributed by atoms with van der Waals surface area (Å²) in [4.78, 5) is 11.7. The zero-order chi connectivity index (χ0) is 11.4. The molecule has 0 amide bonds. The summed E-state index contributed by atoms with van der Waals surface area (Å²) in [6.45, 7) is -0.219. The minimum absolute atomic E-state index is 0.122. The van der Waals surface area contributed by atoms with E-state index in [2.05, 4.69) is 17.4 Å². The van der Waals surface area contributed by atoms with Gasteiger partial charge in [-0.25, -0.2) is 4.79 Å². The fraction of sp³-hybridized carbons (Fsp3) is 0.200. The van der Waals surface area contributed by atoms with E-state index in [9.17, 15) is 4.79 Å². The lowest BCUT2D eigenvalue weighted by atomic mass is 10.0. The van der Waals surface area contributed by atoms with Crippen molar-refractivity contribution in [3.63, 3.8) is 0 Å². The van der Waals surface area contributed by atoms with Crippen molar-refractivity contribution in [3.05, 3.63) is 28.8 Å². The van der Waals surface area contributed by atoms with E-state index in [1.807, 2.05) is 6.07 Å². The van der Waals surface area contributed by atoms with Gasteiger partial charge in [0.2, 0.25) is 0 Å². The molecular weight excluding hydrogens is 214 g/mol. The van der Waals surface area contributed by atoms with Gasteiger partial charge in [0, 0.05) is 4.90 Å². The SMILES string of the molecule is COC(=O)c1cc(CO)cc(S)c1C#N. The van der Waals surface area contributed by atoms with Crippen molar-refractivity contribution in [2.75, 3.05) is 7.11 Å². The molecule has 0 aliphatic rings. The van der Waals surface area contributed by atoms with E-state index < -0.39 is 5.97 Å². The first-order valence-corrected chi connectivity index (χ1v) is 4.54. The van der Waals surface area contributed by atoms with E-state index in [4.69, 9.17) is 10.4 Å². The molecule has 4 nitrogen and oxygen atoms in total. The summed E-state index contributed by atoms with van der Waals surface area (Å²) in [7, 11) is 1.23. The van der Waals surface area contributed by atoms with E-state index >= 15 is 0 Å². The number of carbonyl (C=O) groups is 1. The van der Waals surface area contributed by atoms with Crippen LogP contribution in [0.15, 0.2) is 17.0 Å². The Kier molecular flexibility index (Phi) is 3.72. The van der Waals surface area contributed by atoms with E-state index in [0.717, 1.165) is 0 Å². The number of aliphatic hydroxyl groups is 1. The minimum atomic E-state index is -0.614. The van der Waals surface area contributed by atoms with Crippen molar-refractivity contribution in [2.45, 2.75) is 11.5 Å². The largest absolute Gasteiger partial charge is 0.465 e. The van der Waals surface area contributed by atoms with Crippen LogP contribution in [0.3, 0.4) is 0 Å². The average Bonchev–Trinajstić information content (AvgIpc) is 2.26. The summed E-state index contributed by atoms with van der Waals surface area (Å²) < 4.78 is 4.53. The molecule has 0 aromatic heterocycles. The number of aliphatic hydroxyl groups excluding tert-OH is 1. The van der Waals surface area contributed by atoms with Crippen molar-refractivity contribution in [3.8, 4) is 6.07 Å². The van der Waals surface area contributed by atoms with Crippen molar-refractivity contribution in [1.82, 2.24) is 0 Å². The third-order valence-corrected chi connectivity index (χ3v) is 2.23. The number of esters is 1. The maximum Gasteiger partial charge on any atom is 0.339 e. The lowest BCUT2D eigenvalue weighted by Crippen LogP contribution is -2.06. The normalized spacial score (nSPS) is 9.47. The van der Waals surface area contributed by atoms with Gasteiger partial charge in [0.25, 0.3) is 0 Å². The molecule has 1 aromatic rings. The number of carbonyl (C=O) groups excluding carboxylic acids is 1. The van der Waals surface area contributed by atoms with Crippen LogP contribution in [0, 0.1) is 11.3 Å². The summed E-state index contributed by atoms with van der Waals surface area (Å²) in [5.41, 5.74) is 0.790. The molecule has 78 valence electrons. The van der Waals surface area contributed by atoms with Gasteiger partial charge in [-0.2, -0.15) is 5.26 Å². The Balaban J connectivity index is 3.40. The topological polar surface area (TPSA) is 70.3 Å². The fourth-order valence-corrected chi connectivity index (χ4v) is 1.50. The van der Waals surface area contributed by atoms with E-state index in [0.29, 0.717) is 10.5 Å². The molecule has 0 saturated carbocycles. The molecule has 0 spiro atoms. The molecule has 1 aromatic carbocycles. The molecule has 0 atom stereocenters. The Bertz CT molecular complexity index is 437. The number of ether oxygens (including phenoxy) is 1. The van der Waals surface area contributed by atoms with E-state index in [1.54, 1.807) is 0 Å². The van der Waals surface area contributed by atoms with Crippen LogP contribution in [0.2, 0.25) is 0 Å². The number of hydrogen-bond donors (Lipinski definition) is 2. The highest BCUT2D eigenvalue weighted by Crippen LogP contribution is 2.21. The van der Waals surface area contributed by atoms with Gasteiger partial charge in [0.15, 0.2) is 0 Å². The molecular formula is C10H9NO3S. The summed E-state index contributed by atoms with van der Waals surface area (Å²) in [6.07, 6.45) is 0. The standard InChI is InChI=1S/C10H9NO3S/c1-14-10(13)7-2-6(5-12)3-9(15)8(7)4-11/h2-3,12,15H,5H2,1H3. The number of benzene rings is 1. The van der Waals surface area contributed by atoms with Gasteiger partial charge in [0.05, 0.1) is 24.8 Å². The Morgan fingerprint density at radius 1 is 1.67 bits per heavy atom. The molecule has 0 aliphatic carbocycles. The van der Waals surface area contributed by atoms with Gasteiger partial charge < -0.3 is 9.84 Å². The van der Waals surface area contributed by atoms with Gasteiger partial charge in [-0.3, -0.25) is 0 Å². The second-order valence-electron chi connectivity index (χ2n) is 2.80. The van der Waals surface area contributed by atoms with Crippen LogP contribution in [0.25, 0.3) is 0 Å². The second-order valence-corrected chi connectivity index (χ2v) is 3.28. The molecule has 0 saturated heterocycles. The van der Waals surface area contributed by atoms with Crippen LogP contribution in [-0.2, 0) is 11.3 Å². The molecule has 1 N–H and O–H groups in total. The van der Waals surface area contributed by atoms with Crippen molar-refractivity contribution >= 4 is 18.6 Å². The van der Waals surface area contributed by atoms with Crippen molar-refractivity contribution in [1.29, 1.82) is 5.26 Å². The third-order valence-electron chi connectivity index (χ3n) is 1.88. The maximum atomic E-state index is 11.3. The third kappa shape index (κ3) is 2.29. The number of thiol groups is 1. The molecule has 0 bridgehead atoms. The smallest absolute Gasteiger partial charge is 0.339 e. The molecule has 0 unspecified atom stereocenters. The summed E-state index contributed by atoms with van der Waals surface area (Å²) in [5, 5.41) is 17.8. The van der Waals surface area contributed by atoms with Gasteiger partial charge in [0.1, 0.15) is 6.07 Å². The first kappa shape index (κ1) is 11.6. The lowest BCUT2D eigenvalue weighted by molar-refractivity contribution is 0.0600. The van der Waals surface area contributed by atoms with Crippen LogP contribution in [0.4, 0.5) is 0 Å². The van der Waals surface area contributed by atoms with Crippen LogP contribution >= 0.6 is 12.6 Å². The highest BCUT2D eigenvalue weighted by molar-refractivity contribution is 7.80. The monoisotopic (exact) mass is 223 g/mol. The van der Waals surface area contributed by atoms with E-state index in [1.165, 1.54) is 19.2 Å². The Labute approximate surface area is 92.5 Å². The Morgan fingerprint density at radius 2 is 2.33 bits per heavy atom. The number of methoxy groups -OCH3 is 1. The maximum absolute atomic E-state index is 11.3. The quantitative estimate of drug-likeness (QED) is 0.582. The minimum Gasteiger partial charge on any atom is -0.465 e. The zero-order valence-electron chi connectivity index (χ0n) is 8.02. The molecule has 0 radical (unpaired) electrons. The molecule has 0 heterocycles. The van der Waals surface area contributed by atoms with Crippen LogP contribution < -0.4 is 0 Å². The Hall–Kier alpha value is -1.51.